The molecule has 3 nitrogen and oxygen atoms in total. The van der Waals surface area contributed by atoms with Crippen LogP contribution >= 0.6 is 24.8 Å². The van der Waals surface area contributed by atoms with Crippen LogP contribution in [0.25, 0.3) is 0 Å². The van der Waals surface area contributed by atoms with Gasteiger partial charge in [-0.1, -0.05) is 69.2 Å². The van der Waals surface area contributed by atoms with Crippen LogP contribution in [0, 0.1) is 59.2 Å². The van der Waals surface area contributed by atoms with Gasteiger partial charge in [-0.05, 0) is 59.2 Å². The van der Waals surface area contributed by atoms with E-state index in [4.69, 9.17) is 0 Å². The Kier molecular flexibility index (Phi) is 19.9. The summed E-state index contributed by atoms with van der Waals surface area (Å²) >= 11 is -3.06. The van der Waals surface area contributed by atoms with Crippen molar-refractivity contribution >= 4 is 24.8 Å². The zero-order valence-corrected chi connectivity index (χ0v) is 23.5. The van der Waals surface area contributed by atoms with Gasteiger partial charge < -0.3 is 0 Å². The average Bonchev–Trinajstić information content (AvgIpc) is 2.87. The molecule has 0 aromatic rings. The molecule has 2 aliphatic carbocycles. The standard InChI is InChI=1S/2C10H15.2ClH.2Mo.3O/c2*1-6-7(2)9(4)10(5)8(6)3;;;;;;;/h2*1-5H3;2*1H;;;;;. The second kappa shape index (κ2) is 16.2. The summed E-state index contributed by atoms with van der Waals surface area (Å²) in [6.07, 6.45) is 0. The van der Waals surface area contributed by atoms with E-state index in [0.717, 1.165) is 0 Å². The summed E-state index contributed by atoms with van der Waals surface area (Å²) in [6.45, 7) is 22.0. The van der Waals surface area contributed by atoms with Gasteiger partial charge in [-0.2, -0.15) is 0 Å². The van der Waals surface area contributed by atoms with Crippen molar-refractivity contribution < 1.29 is 46.7 Å². The van der Waals surface area contributed by atoms with Gasteiger partial charge in [0.05, 0.1) is 0 Å². The van der Waals surface area contributed by atoms with Crippen molar-refractivity contribution in [3.63, 3.8) is 0 Å². The first kappa shape index (κ1) is 33.2. The Balaban J connectivity index is -0.000000326. The van der Waals surface area contributed by atoms with Crippen LogP contribution in [0.1, 0.15) is 69.2 Å². The van der Waals surface area contributed by atoms with E-state index in [1.54, 1.807) is 0 Å². The number of hydrogen-bond acceptors (Lipinski definition) is 3. The summed E-state index contributed by atoms with van der Waals surface area (Å²) < 4.78 is 22.5. The summed E-state index contributed by atoms with van der Waals surface area (Å²) in [5.74, 6) is 14.7. The maximum absolute atomic E-state index is 9.27. The molecule has 0 heterocycles. The molecule has 156 valence electrons. The van der Waals surface area contributed by atoms with E-state index >= 15 is 0 Å². The van der Waals surface area contributed by atoms with Crippen molar-refractivity contribution in [1.82, 2.24) is 0 Å². The molecular weight excluding hydrogens is 551 g/mol. The van der Waals surface area contributed by atoms with Crippen LogP contribution in [0.15, 0.2) is 0 Å². The number of hydrogen-bond donors (Lipinski definition) is 0. The first-order chi connectivity index (χ1) is 11.5. The molecule has 0 aromatic carbocycles. The van der Waals surface area contributed by atoms with E-state index < -0.39 is 37.8 Å². The van der Waals surface area contributed by atoms with Crippen molar-refractivity contribution in [3.8, 4) is 0 Å². The fourth-order valence-electron chi connectivity index (χ4n) is 2.82. The van der Waals surface area contributed by atoms with Gasteiger partial charge in [-0.3, -0.25) is 0 Å². The molecule has 27 heavy (non-hydrogen) atoms. The average molecular weight is 583 g/mol. The van der Waals surface area contributed by atoms with E-state index in [9.17, 15) is 6.80 Å². The third-order valence-electron chi connectivity index (χ3n) is 5.68. The van der Waals surface area contributed by atoms with Crippen molar-refractivity contribution in [2.24, 2.45) is 0 Å². The molecule has 7 heteroatoms. The van der Waals surface area contributed by atoms with Crippen LogP contribution in [-0.2, 0) is 46.7 Å². The van der Waals surface area contributed by atoms with E-state index in [1.807, 2.05) is 0 Å². The first-order valence-corrected chi connectivity index (χ1v) is 11.4. The summed E-state index contributed by atoms with van der Waals surface area (Å²) in [6, 6.07) is 0. The number of rotatable bonds is 2. The fourth-order valence-corrected chi connectivity index (χ4v) is 3.21. The van der Waals surface area contributed by atoms with Crippen molar-refractivity contribution in [1.29, 1.82) is 0 Å². The molecule has 10 radical (unpaired) electrons. The summed E-state index contributed by atoms with van der Waals surface area (Å²) in [5, 5.41) is 0. The molecular formula is C20H32Cl2Mo2O3. The van der Waals surface area contributed by atoms with Gasteiger partial charge in [0.25, 0.3) is 0 Å². The minimum absolute atomic E-state index is 0. The Morgan fingerprint density at radius 3 is 0.556 bits per heavy atom. The van der Waals surface area contributed by atoms with Crippen LogP contribution in [0.4, 0.5) is 0 Å². The maximum atomic E-state index is 9.27. The zero-order valence-electron chi connectivity index (χ0n) is 17.9. The van der Waals surface area contributed by atoms with Crippen LogP contribution in [0.2, 0.25) is 0 Å². The van der Waals surface area contributed by atoms with Gasteiger partial charge >= 0.3 is 46.7 Å². The predicted octanol–water partition coefficient (Wildman–Crippen LogP) is 6.48. The summed E-state index contributed by atoms with van der Waals surface area (Å²) in [5.41, 5.74) is 0. The Labute approximate surface area is 198 Å². The molecule has 0 amide bonds. The molecule has 2 aliphatic rings. The molecule has 0 N–H and O–H groups in total. The molecule has 2 fully saturated rings. The minimum atomic E-state index is -1.53. The van der Waals surface area contributed by atoms with Crippen molar-refractivity contribution in [3.05, 3.63) is 59.2 Å². The molecule has 0 aromatic heterocycles. The number of halogens is 2. The Morgan fingerprint density at radius 1 is 0.407 bits per heavy atom. The third kappa shape index (κ3) is 9.46. The van der Waals surface area contributed by atoms with E-state index in [0.29, 0.717) is 0 Å². The predicted molar refractivity (Wildman–Crippen MR) is 106 cm³/mol. The molecule has 0 aliphatic heterocycles. The summed E-state index contributed by atoms with van der Waals surface area (Å²) in [4.78, 5) is 0. The second-order valence-corrected chi connectivity index (χ2v) is 9.44. The van der Waals surface area contributed by atoms with Gasteiger partial charge in [0.1, 0.15) is 0 Å². The molecule has 0 unspecified atom stereocenters. The Morgan fingerprint density at radius 2 is 0.519 bits per heavy atom. The molecule has 0 spiro atoms. The monoisotopic (exact) mass is 586 g/mol. The van der Waals surface area contributed by atoms with Gasteiger partial charge in [-0.15, -0.1) is 24.8 Å². The molecule has 0 atom stereocenters. The van der Waals surface area contributed by atoms with Crippen molar-refractivity contribution in [2.45, 2.75) is 69.2 Å². The van der Waals surface area contributed by atoms with Crippen LogP contribution in [-0.4, -0.2) is 0 Å². The SMILES string of the molecule is C[C]1[C](C)[C](C)[C](C)[C]1C.C[C]1[C](C)[C](C)[C](C)[C]1C.Cl.Cl.[O]=[Mo][O][Mo]=[O]. The van der Waals surface area contributed by atoms with Crippen molar-refractivity contribution in [2.75, 3.05) is 0 Å². The van der Waals surface area contributed by atoms with Crippen LogP contribution < -0.4 is 0 Å². The van der Waals surface area contributed by atoms with Crippen LogP contribution in [0.3, 0.4) is 0 Å². The Hall–Kier alpha value is 1.52. The topological polar surface area (TPSA) is 43.4 Å². The van der Waals surface area contributed by atoms with Crippen LogP contribution in [0.5, 0.6) is 0 Å². The quantitative estimate of drug-likeness (QED) is 0.350. The fraction of sp³-hybridized carbons (Fsp3) is 0.500. The molecule has 2 rings (SSSR count). The second-order valence-electron chi connectivity index (χ2n) is 6.45. The molecule has 0 saturated heterocycles. The van der Waals surface area contributed by atoms with Gasteiger partial charge in [0, 0.05) is 0 Å². The van der Waals surface area contributed by atoms with E-state index in [-0.39, 0.29) is 24.8 Å². The normalized spacial score (nSPS) is 22.3. The first-order valence-electron chi connectivity index (χ1n) is 8.17. The zero-order chi connectivity index (χ0) is 19.9. The van der Waals surface area contributed by atoms with Gasteiger partial charge in [0.15, 0.2) is 0 Å². The third-order valence-corrected chi connectivity index (χ3v) is 7.57. The molecule has 0 bridgehead atoms. The van der Waals surface area contributed by atoms with Gasteiger partial charge in [-0.25, -0.2) is 0 Å². The Bertz CT molecular complexity index is 289. The summed E-state index contributed by atoms with van der Waals surface area (Å²) in [7, 11) is 0. The van der Waals surface area contributed by atoms with E-state index in [1.165, 1.54) is 59.2 Å². The van der Waals surface area contributed by atoms with Gasteiger partial charge in [0.2, 0.25) is 0 Å². The molecule has 2 saturated carbocycles. The van der Waals surface area contributed by atoms with E-state index in [2.05, 4.69) is 71.3 Å².